The molecule has 1 amide bonds. The van der Waals surface area contributed by atoms with Crippen LogP contribution < -0.4 is 16.0 Å². The number of aliphatic hydroxyl groups is 1. The van der Waals surface area contributed by atoms with Crippen LogP contribution in [0.2, 0.25) is 0 Å². The number of benzene rings is 3. The summed E-state index contributed by atoms with van der Waals surface area (Å²) in [5, 5.41) is 26.7. The maximum atomic E-state index is 14.4. The molecule has 0 radical (unpaired) electrons. The normalized spacial score (nSPS) is 24.8. The summed E-state index contributed by atoms with van der Waals surface area (Å²) in [6.07, 6.45) is -0.229. The first kappa shape index (κ1) is 37.2. The third kappa shape index (κ3) is 6.10. The molecule has 52 heavy (non-hydrogen) atoms. The second-order valence-electron chi connectivity index (χ2n) is 13.7. The van der Waals surface area contributed by atoms with Gasteiger partial charge in [-0.15, -0.1) is 0 Å². The van der Waals surface area contributed by atoms with E-state index in [-0.39, 0.29) is 37.4 Å². The van der Waals surface area contributed by atoms with Crippen LogP contribution >= 0.6 is 7.94 Å². The summed E-state index contributed by atoms with van der Waals surface area (Å²) in [5.41, 5.74) is 5.79. The Hall–Kier alpha value is -4.52. The summed E-state index contributed by atoms with van der Waals surface area (Å²) in [5.74, 6) is -11.5. The van der Waals surface area contributed by atoms with E-state index in [0.717, 1.165) is 5.69 Å². The molecule has 6 rings (SSSR count). The molecule has 14 heteroatoms. The van der Waals surface area contributed by atoms with E-state index in [0.29, 0.717) is 27.9 Å². The van der Waals surface area contributed by atoms with E-state index >= 15 is 0 Å². The SMILES string of the molecule is CCO[P+](O)(OCC)C(Nc1ccccc1)c1ccc(-c2cc(N(C)C)c3c(c2O)C(=O)C2C(=O)[C@]4(O)C(=O)C(C(N)=O)C(=O)C[C@@H]4C[C@@H]2C3)cc1. The summed E-state index contributed by atoms with van der Waals surface area (Å²) in [6, 6.07) is 18.0. The number of primary amides is 1. The first-order valence-electron chi connectivity index (χ1n) is 17.2. The largest absolute Gasteiger partial charge is 0.507 e. The molecule has 0 heterocycles. The minimum Gasteiger partial charge on any atom is -0.507 e. The molecule has 0 aliphatic heterocycles. The number of carbonyl (C=O) groups is 5. The van der Waals surface area contributed by atoms with Gasteiger partial charge in [-0.2, -0.15) is 13.9 Å². The van der Waals surface area contributed by atoms with E-state index in [1.54, 1.807) is 63.2 Å². The lowest BCUT2D eigenvalue weighted by molar-refractivity contribution is -0.175. The van der Waals surface area contributed by atoms with Gasteiger partial charge in [0, 0.05) is 48.9 Å². The van der Waals surface area contributed by atoms with Crippen molar-refractivity contribution in [3.8, 4) is 16.9 Å². The first-order chi connectivity index (χ1) is 24.7. The molecule has 0 aromatic heterocycles. The van der Waals surface area contributed by atoms with Crippen LogP contribution in [0.5, 0.6) is 5.75 Å². The number of amides is 1. The van der Waals surface area contributed by atoms with Crippen LogP contribution in [-0.4, -0.2) is 77.1 Å². The molecule has 2 fully saturated rings. The lowest BCUT2D eigenvalue weighted by atomic mass is 9.53. The number of rotatable bonds is 11. The van der Waals surface area contributed by atoms with E-state index in [4.69, 9.17) is 14.8 Å². The monoisotopic (exact) mass is 732 g/mol. The number of ketones is 4. The fourth-order valence-corrected chi connectivity index (χ4v) is 10.1. The number of para-hydroxylation sites is 1. The molecule has 0 spiro atoms. The molecule has 0 saturated heterocycles. The van der Waals surface area contributed by atoms with Crippen molar-refractivity contribution >= 4 is 48.4 Å². The van der Waals surface area contributed by atoms with Gasteiger partial charge in [0.05, 0.1) is 24.7 Å². The fraction of sp³-hybridized carbons (Fsp3) is 0.395. The highest BCUT2D eigenvalue weighted by Gasteiger charge is 2.66. The number of anilines is 2. The van der Waals surface area contributed by atoms with Gasteiger partial charge in [-0.25, -0.2) is 0 Å². The van der Waals surface area contributed by atoms with Crippen molar-refractivity contribution in [1.29, 1.82) is 0 Å². The molecule has 3 unspecified atom stereocenters. The average molecular weight is 733 g/mol. The Morgan fingerprint density at radius 3 is 2.21 bits per heavy atom. The summed E-state index contributed by atoms with van der Waals surface area (Å²) < 4.78 is 11.6. The second kappa shape index (κ2) is 14.1. The molecule has 274 valence electrons. The number of hydrogen-bond donors (Lipinski definition) is 5. The number of hydrogen-bond acceptors (Lipinski definition) is 12. The van der Waals surface area contributed by atoms with Gasteiger partial charge in [0.15, 0.2) is 34.7 Å². The lowest BCUT2D eigenvalue weighted by Gasteiger charge is -2.48. The Labute approximate surface area is 301 Å². The highest BCUT2D eigenvalue weighted by atomic mass is 31.2. The fourth-order valence-electron chi connectivity index (χ4n) is 8.08. The topological polar surface area (TPSA) is 206 Å². The van der Waals surface area contributed by atoms with Crippen LogP contribution in [0, 0.1) is 23.7 Å². The molecule has 3 aromatic rings. The minimum atomic E-state index is -3.49. The van der Waals surface area contributed by atoms with Crippen molar-refractivity contribution in [2.24, 2.45) is 29.4 Å². The average Bonchev–Trinajstić information content (AvgIpc) is 3.09. The molecule has 2 saturated carbocycles. The number of phenols is 1. The van der Waals surface area contributed by atoms with Crippen molar-refractivity contribution in [3.63, 3.8) is 0 Å². The molecule has 13 nitrogen and oxygen atoms in total. The van der Waals surface area contributed by atoms with E-state index in [1.807, 2.05) is 30.3 Å². The van der Waals surface area contributed by atoms with Crippen molar-refractivity contribution in [3.05, 3.63) is 77.4 Å². The predicted octanol–water partition coefficient (Wildman–Crippen LogP) is 4.00. The van der Waals surface area contributed by atoms with E-state index < -0.39 is 78.5 Å². The molecule has 6 N–H and O–H groups in total. The van der Waals surface area contributed by atoms with Gasteiger partial charge in [-0.3, -0.25) is 24.0 Å². The number of nitrogens with two attached hydrogens (primary N) is 1. The molecule has 0 bridgehead atoms. The predicted molar refractivity (Wildman–Crippen MR) is 193 cm³/mol. The van der Waals surface area contributed by atoms with Crippen LogP contribution in [0.25, 0.3) is 11.1 Å². The summed E-state index contributed by atoms with van der Waals surface area (Å²) in [6.45, 7) is 3.95. The van der Waals surface area contributed by atoms with Crippen molar-refractivity contribution in [2.75, 3.05) is 37.5 Å². The van der Waals surface area contributed by atoms with Gasteiger partial charge in [0.1, 0.15) is 5.75 Å². The molecule has 3 aromatic carbocycles. The second-order valence-corrected chi connectivity index (χ2v) is 15.9. The lowest BCUT2D eigenvalue weighted by Crippen LogP contribution is -2.68. The number of fused-ring (bicyclic) bond motifs is 3. The number of phenolic OH excluding ortho intramolecular Hbond substituents is 1. The van der Waals surface area contributed by atoms with Gasteiger partial charge >= 0.3 is 7.94 Å². The summed E-state index contributed by atoms with van der Waals surface area (Å²) >= 11 is 0. The Morgan fingerprint density at radius 2 is 1.63 bits per heavy atom. The Morgan fingerprint density at radius 1 is 1.00 bits per heavy atom. The number of carbonyl (C=O) groups excluding carboxylic acids is 5. The Bertz CT molecular complexity index is 1930. The number of nitrogens with one attached hydrogen (secondary N) is 1. The Kier molecular flexibility index (Phi) is 10.1. The van der Waals surface area contributed by atoms with Crippen LogP contribution in [0.1, 0.15) is 54.0 Å². The van der Waals surface area contributed by atoms with Gasteiger partial charge in [-0.05, 0) is 61.9 Å². The zero-order valence-corrected chi connectivity index (χ0v) is 30.3. The van der Waals surface area contributed by atoms with Crippen molar-refractivity contribution in [2.45, 2.75) is 44.5 Å². The van der Waals surface area contributed by atoms with E-state index in [2.05, 4.69) is 5.32 Å². The highest BCUT2D eigenvalue weighted by molar-refractivity contribution is 7.61. The molecule has 6 atom stereocenters. The first-order valence-corrected chi connectivity index (χ1v) is 18.9. The molecular weight excluding hydrogens is 689 g/mol. The van der Waals surface area contributed by atoms with E-state index in [9.17, 15) is 39.1 Å². The van der Waals surface area contributed by atoms with E-state index in [1.165, 1.54) is 0 Å². The smallest absolute Gasteiger partial charge is 0.437 e. The van der Waals surface area contributed by atoms with Crippen molar-refractivity contribution < 1.29 is 48.1 Å². The third-order valence-electron chi connectivity index (χ3n) is 10.4. The zero-order valence-electron chi connectivity index (χ0n) is 29.4. The van der Waals surface area contributed by atoms with Gasteiger partial charge < -0.3 is 26.2 Å². The standard InChI is InChI=1S/C38H42N3O10P/c1-5-50-52(49,51-6-2)37(40-24-10-8-7-9-11-24)21-14-12-20(13-15-21)25-19-27(41(3)4)26-17-22-16-23-18-28(42)31(36(39)47)35(46)38(23,48)34(45)29(22)33(44)30(26)32(25)43/h7-15,19,22-23,29,31,37,40,48-49H,5-6,16-18H2,1-4H3,(H2-,39,43,44,47)/p+1/t22-,23+,29?,31?,37?,38+/m1/s1. The summed E-state index contributed by atoms with van der Waals surface area (Å²) in [7, 11) is 0.0795. The third-order valence-corrected chi connectivity index (χ3v) is 12.8. The van der Waals surface area contributed by atoms with Crippen LogP contribution in [0.15, 0.2) is 60.7 Å². The molecular formula is C38H43N3O10P+. The minimum absolute atomic E-state index is 0.00850. The summed E-state index contributed by atoms with van der Waals surface area (Å²) in [4.78, 5) is 79.9. The van der Waals surface area contributed by atoms with Crippen LogP contribution in [0.3, 0.4) is 0 Å². The van der Waals surface area contributed by atoms with Crippen molar-refractivity contribution in [1.82, 2.24) is 0 Å². The number of Topliss-reactive ketones (excluding diaryl/α,β-unsaturated/α-hetero) is 4. The molecule has 3 aliphatic carbocycles. The molecule has 3 aliphatic rings. The zero-order chi connectivity index (χ0) is 37.7. The van der Waals surface area contributed by atoms with Crippen LogP contribution in [-0.2, 0) is 34.6 Å². The Balaban J connectivity index is 1.41. The highest BCUT2D eigenvalue weighted by Crippen LogP contribution is 2.68. The van der Waals surface area contributed by atoms with Gasteiger partial charge in [0.2, 0.25) is 11.7 Å². The maximum absolute atomic E-state index is 14.4. The quantitative estimate of drug-likeness (QED) is 0.140. The van der Waals surface area contributed by atoms with Gasteiger partial charge in [0.25, 0.3) is 0 Å². The number of nitrogens with zero attached hydrogens (tertiary/aromatic N) is 1. The maximum Gasteiger partial charge on any atom is 0.437 e. The number of aromatic hydroxyl groups is 1. The van der Waals surface area contributed by atoms with Gasteiger partial charge in [-0.1, -0.05) is 42.5 Å². The van der Waals surface area contributed by atoms with Crippen LogP contribution in [0.4, 0.5) is 11.4 Å².